The van der Waals surface area contributed by atoms with Crippen molar-refractivity contribution in [2.45, 2.75) is 0 Å². The second-order valence-electron chi connectivity index (χ2n) is 4.96. The molecule has 2 amide bonds. The van der Waals surface area contributed by atoms with Crippen molar-refractivity contribution in [1.29, 1.82) is 0 Å². The Hall–Kier alpha value is -2.97. The number of para-hydroxylation sites is 1. The van der Waals surface area contributed by atoms with Crippen LogP contribution >= 0.6 is 11.8 Å². The number of ether oxygens (including phenoxy) is 1. The molecule has 0 aromatic heterocycles. The van der Waals surface area contributed by atoms with Crippen molar-refractivity contribution in [2.24, 2.45) is 0 Å². The number of hydrogen-bond donors (Lipinski definition) is 0. The number of thioether (sulfide) groups is 1. The Kier molecular flexibility index (Phi) is 4.69. The summed E-state index contributed by atoms with van der Waals surface area (Å²) >= 11 is 0.889. The standard InChI is InChI=1S/C19H13NO3S/c1-2-11-20-18(21)17(24-19(20)22)13-14-7-6-10-16(12-14)23-15-8-4-3-5-9-15/h1,3-10,12-13H,11H2/b17-13-. The summed E-state index contributed by atoms with van der Waals surface area (Å²) in [5.41, 5.74) is 0.773. The van der Waals surface area contributed by atoms with Gasteiger partial charge in [-0.25, -0.2) is 0 Å². The Balaban J connectivity index is 1.81. The summed E-state index contributed by atoms with van der Waals surface area (Å²) in [5.74, 6) is 3.33. The van der Waals surface area contributed by atoms with Crippen molar-refractivity contribution < 1.29 is 14.3 Å². The van der Waals surface area contributed by atoms with E-state index >= 15 is 0 Å². The Morgan fingerprint density at radius 1 is 1.08 bits per heavy atom. The minimum atomic E-state index is -0.364. The van der Waals surface area contributed by atoms with Crippen molar-refractivity contribution in [3.63, 3.8) is 0 Å². The zero-order valence-corrected chi connectivity index (χ0v) is 13.5. The molecule has 2 aromatic carbocycles. The summed E-state index contributed by atoms with van der Waals surface area (Å²) in [6.45, 7) is -0.0147. The van der Waals surface area contributed by atoms with E-state index < -0.39 is 0 Å². The Bertz CT molecular complexity index is 852. The number of imide groups is 1. The van der Waals surface area contributed by atoms with Crippen molar-refractivity contribution in [2.75, 3.05) is 6.54 Å². The molecule has 2 aromatic rings. The predicted octanol–water partition coefficient (Wildman–Crippen LogP) is 4.15. The highest BCUT2D eigenvalue weighted by Crippen LogP contribution is 2.32. The zero-order valence-electron chi connectivity index (χ0n) is 12.6. The molecule has 0 spiro atoms. The molecule has 5 heteroatoms. The van der Waals surface area contributed by atoms with Crippen molar-refractivity contribution in [3.05, 3.63) is 65.1 Å². The second kappa shape index (κ2) is 7.07. The van der Waals surface area contributed by atoms with Crippen LogP contribution in [0.5, 0.6) is 11.5 Å². The molecule has 0 radical (unpaired) electrons. The number of amides is 2. The molecule has 1 heterocycles. The van der Waals surface area contributed by atoms with Gasteiger partial charge in [-0.05, 0) is 47.7 Å². The van der Waals surface area contributed by atoms with Gasteiger partial charge in [0.15, 0.2) is 0 Å². The molecule has 118 valence electrons. The van der Waals surface area contributed by atoms with Gasteiger partial charge in [0.05, 0.1) is 11.4 Å². The highest BCUT2D eigenvalue weighted by Gasteiger charge is 2.34. The van der Waals surface area contributed by atoms with Gasteiger partial charge in [0.1, 0.15) is 11.5 Å². The first-order valence-corrected chi connectivity index (χ1v) is 8.01. The molecule has 1 fully saturated rings. The van der Waals surface area contributed by atoms with Crippen LogP contribution in [0.25, 0.3) is 6.08 Å². The van der Waals surface area contributed by atoms with Crippen LogP contribution in [-0.4, -0.2) is 22.6 Å². The third kappa shape index (κ3) is 3.50. The van der Waals surface area contributed by atoms with Crippen LogP contribution in [0.1, 0.15) is 5.56 Å². The molecular formula is C19H13NO3S. The lowest BCUT2D eigenvalue weighted by atomic mass is 10.2. The summed E-state index contributed by atoms with van der Waals surface area (Å²) in [7, 11) is 0. The van der Waals surface area contributed by atoms with Gasteiger partial charge in [0, 0.05) is 0 Å². The van der Waals surface area contributed by atoms with Crippen molar-refractivity contribution >= 4 is 29.0 Å². The molecule has 4 nitrogen and oxygen atoms in total. The number of nitrogens with zero attached hydrogens (tertiary/aromatic N) is 1. The number of benzene rings is 2. The molecule has 0 aliphatic carbocycles. The molecule has 24 heavy (non-hydrogen) atoms. The summed E-state index contributed by atoms with van der Waals surface area (Å²) in [5, 5.41) is -0.346. The lowest BCUT2D eigenvalue weighted by molar-refractivity contribution is -0.122. The molecule has 0 saturated carbocycles. The smallest absolute Gasteiger partial charge is 0.294 e. The summed E-state index contributed by atoms with van der Waals surface area (Å²) < 4.78 is 5.77. The molecule has 0 bridgehead atoms. The number of rotatable bonds is 4. The molecule has 1 aliphatic heterocycles. The first kappa shape index (κ1) is 15.9. The highest BCUT2D eigenvalue weighted by molar-refractivity contribution is 8.18. The van der Waals surface area contributed by atoms with Crippen LogP contribution in [0, 0.1) is 12.3 Å². The van der Waals surface area contributed by atoms with Gasteiger partial charge in [0.25, 0.3) is 11.1 Å². The molecular weight excluding hydrogens is 322 g/mol. The monoisotopic (exact) mass is 335 g/mol. The van der Waals surface area contributed by atoms with Crippen LogP contribution in [0.4, 0.5) is 4.79 Å². The van der Waals surface area contributed by atoms with Gasteiger partial charge < -0.3 is 4.74 Å². The number of carbonyl (C=O) groups is 2. The van der Waals surface area contributed by atoms with Crippen LogP contribution in [0.2, 0.25) is 0 Å². The SMILES string of the molecule is C#CCN1C(=O)S/C(=C\c2cccc(Oc3ccccc3)c2)C1=O. The topological polar surface area (TPSA) is 46.6 Å². The van der Waals surface area contributed by atoms with E-state index in [-0.39, 0.29) is 17.7 Å². The average molecular weight is 335 g/mol. The Morgan fingerprint density at radius 2 is 1.83 bits per heavy atom. The van der Waals surface area contributed by atoms with Crippen LogP contribution < -0.4 is 4.74 Å². The van der Waals surface area contributed by atoms with Gasteiger partial charge in [-0.3, -0.25) is 14.5 Å². The zero-order chi connectivity index (χ0) is 16.9. The van der Waals surface area contributed by atoms with Gasteiger partial charge in [-0.15, -0.1) is 6.42 Å². The van der Waals surface area contributed by atoms with E-state index in [4.69, 9.17) is 11.2 Å². The maximum atomic E-state index is 12.2. The van der Waals surface area contributed by atoms with E-state index in [1.54, 1.807) is 6.08 Å². The number of carbonyl (C=O) groups excluding carboxylic acids is 2. The Labute approximate surface area is 144 Å². The normalized spacial score (nSPS) is 15.6. The summed E-state index contributed by atoms with van der Waals surface area (Å²) in [6, 6.07) is 16.7. The van der Waals surface area contributed by atoms with E-state index in [9.17, 15) is 9.59 Å². The quantitative estimate of drug-likeness (QED) is 0.622. The molecule has 1 saturated heterocycles. The van der Waals surface area contributed by atoms with E-state index in [0.717, 1.165) is 28.0 Å². The molecule has 0 unspecified atom stereocenters. The Morgan fingerprint density at radius 3 is 2.58 bits per heavy atom. The third-order valence-electron chi connectivity index (χ3n) is 3.26. The molecule has 3 rings (SSSR count). The minimum Gasteiger partial charge on any atom is -0.457 e. The summed E-state index contributed by atoms with van der Waals surface area (Å²) in [6.07, 6.45) is 6.85. The molecule has 0 atom stereocenters. The van der Waals surface area contributed by atoms with E-state index in [1.807, 2.05) is 54.6 Å². The second-order valence-corrected chi connectivity index (χ2v) is 5.95. The van der Waals surface area contributed by atoms with Gasteiger partial charge in [0.2, 0.25) is 0 Å². The van der Waals surface area contributed by atoms with Crippen molar-refractivity contribution in [3.8, 4) is 23.8 Å². The van der Waals surface area contributed by atoms with Crippen LogP contribution in [0.15, 0.2) is 59.5 Å². The maximum Gasteiger partial charge on any atom is 0.294 e. The molecule has 1 aliphatic rings. The number of terminal acetylenes is 1. The highest BCUT2D eigenvalue weighted by atomic mass is 32.2. The van der Waals surface area contributed by atoms with Gasteiger partial charge in [-0.2, -0.15) is 0 Å². The van der Waals surface area contributed by atoms with E-state index in [1.165, 1.54) is 0 Å². The fraction of sp³-hybridized carbons (Fsp3) is 0.0526. The average Bonchev–Trinajstić information content (AvgIpc) is 2.84. The predicted molar refractivity (Wildman–Crippen MR) is 94.5 cm³/mol. The largest absolute Gasteiger partial charge is 0.457 e. The maximum absolute atomic E-state index is 12.2. The lowest BCUT2D eigenvalue weighted by Gasteiger charge is -2.07. The molecule has 0 N–H and O–H groups in total. The van der Waals surface area contributed by atoms with Gasteiger partial charge >= 0.3 is 0 Å². The lowest BCUT2D eigenvalue weighted by Crippen LogP contribution is -2.28. The first-order chi connectivity index (χ1) is 11.7. The fourth-order valence-electron chi connectivity index (χ4n) is 2.17. The summed E-state index contributed by atoms with van der Waals surface area (Å²) in [4.78, 5) is 25.4. The van der Waals surface area contributed by atoms with Crippen LogP contribution in [0.3, 0.4) is 0 Å². The van der Waals surface area contributed by atoms with E-state index in [0.29, 0.717) is 10.7 Å². The minimum absolute atomic E-state index is 0.0147. The van der Waals surface area contributed by atoms with Crippen LogP contribution in [-0.2, 0) is 4.79 Å². The van der Waals surface area contributed by atoms with Crippen molar-refractivity contribution in [1.82, 2.24) is 4.90 Å². The first-order valence-electron chi connectivity index (χ1n) is 7.19. The number of hydrogen-bond acceptors (Lipinski definition) is 4. The van der Waals surface area contributed by atoms with Gasteiger partial charge in [-0.1, -0.05) is 36.3 Å². The third-order valence-corrected chi connectivity index (χ3v) is 4.17. The fourth-order valence-corrected chi connectivity index (χ4v) is 3.01. The van der Waals surface area contributed by atoms with E-state index in [2.05, 4.69) is 5.92 Å².